The molecule has 1 aliphatic rings. The average Bonchev–Trinajstić information content (AvgIpc) is 2.16. The predicted octanol–water partition coefficient (Wildman–Crippen LogP) is 4.02. The Morgan fingerprint density at radius 2 is 1.85 bits per heavy atom. The zero-order chi connectivity index (χ0) is 16.1. The monoisotopic (exact) mass is 385 g/mol. The molecule has 0 aromatic rings. The van der Waals surface area contributed by atoms with E-state index in [9.17, 15) is 9.59 Å². The first-order valence-corrected chi connectivity index (χ1v) is 12.1. The van der Waals surface area contributed by atoms with Gasteiger partial charge in [0.15, 0.2) is 0 Å². The summed E-state index contributed by atoms with van der Waals surface area (Å²) in [6, 6.07) is 0. The summed E-state index contributed by atoms with van der Waals surface area (Å²) in [5.41, 5.74) is -0.486. The molecule has 0 saturated carbocycles. The number of nitrogens with zero attached hydrogens (tertiary/aromatic N) is 1. The third-order valence-electron chi connectivity index (χ3n) is 2.01. The summed E-state index contributed by atoms with van der Waals surface area (Å²) >= 11 is 8.91. The molecule has 1 unspecified atom stereocenters. The lowest BCUT2D eigenvalue weighted by Crippen LogP contribution is -2.46. The number of hydrogen-bond donors (Lipinski definition) is 0. The van der Waals surface area contributed by atoms with E-state index < -0.39 is 13.0 Å². The van der Waals surface area contributed by atoms with Crippen molar-refractivity contribution in [3.8, 4) is 0 Å². The maximum absolute atomic E-state index is 11.6. The van der Waals surface area contributed by atoms with E-state index in [4.69, 9.17) is 15.8 Å². The van der Waals surface area contributed by atoms with Gasteiger partial charge in [-0.05, 0) is 20.8 Å². The lowest BCUT2D eigenvalue weighted by molar-refractivity contribution is -0.120. The van der Waals surface area contributed by atoms with E-state index in [1.54, 1.807) is 4.90 Å². The first-order valence-electron chi connectivity index (χ1n) is 6.63. The second kappa shape index (κ2) is 7.80. The molecule has 0 spiro atoms. The number of rotatable bonds is 0. The number of hydrogen-bond acceptors (Lipinski definition) is 3. The normalized spacial score (nSPS) is 20.1. The Bertz CT molecular complexity index is 347. The summed E-state index contributed by atoms with van der Waals surface area (Å²) in [6.45, 7) is 12.6. The summed E-state index contributed by atoms with van der Waals surface area (Å²) < 4.78 is 5.22. The molecular formula is C13H25BrClNO3Si. The van der Waals surface area contributed by atoms with Gasteiger partial charge in [0, 0.05) is 19.5 Å². The molecule has 1 saturated heterocycles. The molecule has 0 radical (unpaired) electrons. The molecule has 4 nitrogen and oxygen atoms in total. The van der Waals surface area contributed by atoms with Crippen molar-refractivity contribution < 1.29 is 14.3 Å². The number of alkyl halides is 1. The van der Waals surface area contributed by atoms with Crippen molar-refractivity contribution in [2.45, 2.75) is 57.3 Å². The van der Waals surface area contributed by atoms with Gasteiger partial charge in [0.05, 0.1) is 4.83 Å². The number of halogens is 2. The largest absolute Gasteiger partial charge is 0.444 e. The van der Waals surface area contributed by atoms with E-state index in [0.29, 0.717) is 19.5 Å². The van der Waals surface area contributed by atoms with Crippen LogP contribution < -0.4 is 0 Å². The Kier molecular flexibility index (Phi) is 7.77. The smallest absolute Gasteiger partial charge is 0.410 e. The van der Waals surface area contributed by atoms with Crippen molar-refractivity contribution in [3.63, 3.8) is 0 Å². The van der Waals surface area contributed by atoms with E-state index in [-0.39, 0.29) is 16.7 Å². The number of amides is 1. The second-order valence-electron chi connectivity index (χ2n) is 6.68. The fraction of sp³-hybridized carbons (Fsp3) is 0.846. The molecule has 1 aliphatic heterocycles. The Morgan fingerprint density at radius 1 is 1.40 bits per heavy atom. The highest BCUT2D eigenvalue weighted by molar-refractivity contribution is 9.10. The van der Waals surface area contributed by atoms with Crippen LogP contribution in [-0.2, 0) is 9.53 Å². The Balaban J connectivity index is 0.000000621. The Morgan fingerprint density at radius 3 is 2.20 bits per heavy atom. The van der Waals surface area contributed by atoms with E-state index in [1.165, 1.54) is 0 Å². The van der Waals surface area contributed by atoms with Gasteiger partial charge in [-0.25, -0.2) is 4.79 Å². The number of ether oxygens (including phenoxy) is 1. The molecule has 0 aromatic heterocycles. The Labute approximate surface area is 136 Å². The molecule has 1 atom stereocenters. The van der Waals surface area contributed by atoms with Crippen LogP contribution in [0.2, 0.25) is 19.6 Å². The van der Waals surface area contributed by atoms with E-state index >= 15 is 0 Å². The SMILES string of the molecule is CC(C)(C)OC(=O)N1CCC(=O)C(Br)C1.C[Si](C)(C)Cl. The first kappa shape index (κ1) is 19.9. The van der Waals surface area contributed by atoms with Crippen LogP contribution in [0.5, 0.6) is 0 Å². The molecule has 0 bridgehead atoms. The van der Waals surface area contributed by atoms with Gasteiger partial charge in [0.1, 0.15) is 18.8 Å². The summed E-state index contributed by atoms with van der Waals surface area (Å²) in [6.07, 6.45) is 0.0502. The van der Waals surface area contributed by atoms with Crippen LogP contribution >= 0.6 is 27.0 Å². The topological polar surface area (TPSA) is 46.6 Å². The molecule has 1 rings (SSSR count). The zero-order valence-electron chi connectivity index (χ0n) is 13.1. The van der Waals surface area contributed by atoms with Gasteiger partial charge in [-0.15, -0.1) is 0 Å². The van der Waals surface area contributed by atoms with Crippen molar-refractivity contribution in [3.05, 3.63) is 0 Å². The van der Waals surface area contributed by atoms with Crippen LogP contribution in [-0.4, -0.2) is 47.7 Å². The molecule has 1 fully saturated rings. The van der Waals surface area contributed by atoms with Gasteiger partial charge < -0.3 is 9.64 Å². The summed E-state index contributed by atoms with van der Waals surface area (Å²) in [4.78, 5) is 24.2. The highest BCUT2D eigenvalue weighted by atomic mass is 79.9. The quantitative estimate of drug-likeness (QED) is 0.359. The van der Waals surface area contributed by atoms with Gasteiger partial charge in [0.2, 0.25) is 0 Å². The van der Waals surface area contributed by atoms with Gasteiger partial charge in [0.25, 0.3) is 0 Å². The van der Waals surface area contributed by atoms with Crippen LogP contribution in [0.1, 0.15) is 27.2 Å². The van der Waals surface area contributed by atoms with Crippen molar-refractivity contribution in [1.82, 2.24) is 4.90 Å². The molecular weight excluding hydrogens is 362 g/mol. The van der Waals surface area contributed by atoms with Crippen molar-refractivity contribution in [1.29, 1.82) is 0 Å². The fourth-order valence-corrected chi connectivity index (χ4v) is 1.86. The summed E-state index contributed by atoms with van der Waals surface area (Å²) in [5.74, 6) is 0.148. The average molecular weight is 387 g/mol. The Hall–Kier alpha value is -0.0731. The molecule has 0 aromatic carbocycles. The van der Waals surface area contributed by atoms with Gasteiger partial charge in [-0.2, -0.15) is 11.1 Å². The number of piperidine rings is 1. The standard InChI is InChI=1S/C10H16BrNO3.C3H9ClSi/c1-10(2,3)15-9(14)12-5-4-8(13)7(11)6-12;1-5(2,3)4/h7H,4-6H2,1-3H3;1-3H3. The minimum atomic E-state index is -1.14. The minimum Gasteiger partial charge on any atom is -0.444 e. The number of carbonyl (C=O) groups is 2. The van der Waals surface area contributed by atoms with Crippen LogP contribution in [0.15, 0.2) is 0 Å². The number of likely N-dealkylation sites (tertiary alicyclic amines) is 1. The van der Waals surface area contributed by atoms with Crippen molar-refractivity contribution in [2.24, 2.45) is 0 Å². The van der Waals surface area contributed by atoms with Crippen LogP contribution in [0.4, 0.5) is 4.79 Å². The second-order valence-corrected chi connectivity index (χ2v) is 15.3. The number of Topliss-reactive ketones (excluding diaryl/α,β-unsaturated/α-hetero) is 1. The molecule has 1 heterocycles. The van der Waals surface area contributed by atoms with Crippen LogP contribution in [0.3, 0.4) is 0 Å². The molecule has 0 N–H and O–H groups in total. The number of carbonyl (C=O) groups excluding carboxylic acids is 2. The van der Waals surface area contributed by atoms with Gasteiger partial charge >= 0.3 is 6.09 Å². The lowest BCUT2D eigenvalue weighted by Gasteiger charge is -2.31. The predicted molar refractivity (Wildman–Crippen MR) is 89.3 cm³/mol. The van der Waals surface area contributed by atoms with Crippen molar-refractivity contribution >= 4 is 46.3 Å². The van der Waals surface area contributed by atoms with E-state index in [0.717, 1.165) is 0 Å². The fourth-order valence-electron chi connectivity index (χ4n) is 1.28. The third-order valence-corrected chi connectivity index (χ3v) is 2.81. The third kappa shape index (κ3) is 10.7. The first-order chi connectivity index (χ1) is 8.79. The zero-order valence-corrected chi connectivity index (χ0v) is 16.5. The molecule has 118 valence electrons. The maximum atomic E-state index is 11.6. The lowest BCUT2D eigenvalue weighted by atomic mass is 10.1. The molecule has 1 amide bonds. The highest BCUT2D eigenvalue weighted by Gasteiger charge is 2.30. The summed E-state index contributed by atoms with van der Waals surface area (Å²) in [5, 5.41) is 0. The highest BCUT2D eigenvalue weighted by Crippen LogP contribution is 2.17. The van der Waals surface area contributed by atoms with Gasteiger partial charge in [-0.3, -0.25) is 4.79 Å². The molecule has 0 aliphatic carbocycles. The van der Waals surface area contributed by atoms with Crippen LogP contribution in [0.25, 0.3) is 0 Å². The number of ketones is 1. The molecule has 20 heavy (non-hydrogen) atoms. The van der Waals surface area contributed by atoms with Gasteiger partial charge in [-0.1, -0.05) is 35.6 Å². The minimum absolute atomic E-state index is 0.148. The van der Waals surface area contributed by atoms with E-state index in [2.05, 4.69) is 35.6 Å². The van der Waals surface area contributed by atoms with Crippen molar-refractivity contribution in [2.75, 3.05) is 13.1 Å². The molecule has 7 heteroatoms. The summed E-state index contributed by atoms with van der Waals surface area (Å²) in [7, 11) is -1.14. The van der Waals surface area contributed by atoms with Crippen LogP contribution in [0, 0.1) is 0 Å². The van der Waals surface area contributed by atoms with E-state index in [1.807, 2.05) is 20.8 Å². The maximum Gasteiger partial charge on any atom is 0.410 e.